The van der Waals surface area contributed by atoms with Gasteiger partial charge < -0.3 is 30.6 Å². The van der Waals surface area contributed by atoms with Gasteiger partial charge in [0.2, 0.25) is 5.91 Å². The van der Waals surface area contributed by atoms with E-state index in [1.165, 1.54) is 11.9 Å². The molecule has 4 aromatic rings. The largest absolute Gasteiger partial charge is 0.396 e. The lowest BCUT2D eigenvalue weighted by molar-refractivity contribution is -0.133. The molecule has 0 radical (unpaired) electrons. The van der Waals surface area contributed by atoms with Crippen LogP contribution in [-0.2, 0) is 30.8 Å². The summed E-state index contributed by atoms with van der Waals surface area (Å²) in [6.45, 7) is 1.24. The zero-order valence-electron chi connectivity index (χ0n) is 25.7. The second kappa shape index (κ2) is 17.2. The van der Waals surface area contributed by atoms with Crippen LogP contribution in [0.4, 0.5) is 5.69 Å². The molecule has 0 aliphatic rings. The number of anilines is 1. The maximum atomic E-state index is 12.9. The quantitative estimate of drug-likeness (QED) is 0.123. The summed E-state index contributed by atoms with van der Waals surface area (Å²) in [5.41, 5.74) is 4.30. The van der Waals surface area contributed by atoms with Gasteiger partial charge in [-0.1, -0.05) is 24.3 Å². The van der Waals surface area contributed by atoms with Crippen molar-refractivity contribution in [1.82, 2.24) is 24.8 Å². The number of hydrogen-bond donors (Lipinski definition) is 5. The highest BCUT2D eigenvalue weighted by atomic mass is 16.4. The maximum Gasteiger partial charge on any atom is 0.257 e. The summed E-state index contributed by atoms with van der Waals surface area (Å²) in [5.74, 6) is -0.623. The third-order valence-corrected chi connectivity index (χ3v) is 7.36. The number of hydrogen-bond acceptors (Lipinski definition) is 10. The smallest absolute Gasteiger partial charge is 0.257 e. The third-order valence-electron chi connectivity index (χ3n) is 7.36. The molecule has 0 aliphatic heterocycles. The highest BCUT2D eigenvalue weighted by molar-refractivity contribution is 6.04. The summed E-state index contributed by atoms with van der Waals surface area (Å²) in [6, 6.07) is 22.0. The van der Waals surface area contributed by atoms with Gasteiger partial charge in [0.1, 0.15) is 6.10 Å². The van der Waals surface area contributed by atoms with Crippen LogP contribution in [0.25, 0.3) is 0 Å². The van der Waals surface area contributed by atoms with Gasteiger partial charge in [-0.2, -0.15) is 0 Å². The lowest BCUT2D eigenvalue weighted by Gasteiger charge is -2.26. The second-order valence-corrected chi connectivity index (χ2v) is 11.1. The molecule has 0 aliphatic carbocycles. The first-order chi connectivity index (χ1) is 22.2. The molecule has 12 heteroatoms. The topological polar surface area (TPSA) is 172 Å². The molecule has 5 N–H and O–H groups in total. The average molecular weight is 629 g/mol. The van der Waals surface area contributed by atoms with Crippen molar-refractivity contribution in [2.75, 3.05) is 25.5 Å². The van der Waals surface area contributed by atoms with Crippen molar-refractivity contribution in [3.8, 4) is 0 Å². The van der Waals surface area contributed by atoms with Gasteiger partial charge in [0.05, 0.1) is 41.3 Å². The molecular formula is C34H40N6O6. The summed E-state index contributed by atoms with van der Waals surface area (Å²) in [4.78, 5) is 42.4. The lowest BCUT2D eigenvalue weighted by atomic mass is 10.0. The monoisotopic (exact) mass is 628 g/mol. The van der Waals surface area contributed by atoms with E-state index < -0.39 is 18.3 Å². The van der Waals surface area contributed by atoms with Gasteiger partial charge in [-0.25, -0.2) is 0 Å². The fourth-order valence-corrected chi connectivity index (χ4v) is 4.76. The number of aromatic nitrogens is 3. The van der Waals surface area contributed by atoms with E-state index in [1.807, 2.05) is 42.5 Å². The standard InChI is InChI=1S/C34H40N6O6/c1-39(23-31(43)33(45)30(42)14-17-41)32(44)18-24-8-11-26(12-9-24)38-34(46)25-10-13-29(37-19-25)22-40(20-27-6-2-4-15-35-27)21-28-7-3-5-16-36-28/h2-13,15-16,19,30-31,33,41-43,45H,14,17-18,20-23H2,1H3,(H,38,46). The van der Waals surface area contributed by atoms with Crippen LogP contribution in [0.2, 0.25) is 0 Å². The van der Waals surface area contributed by atoms with Crippen molar-refractivity contribution in [3.63, 3.8) is 0 Å². The third kappa shape index (κ3) is 10.5. The Labute approximate surface area is 268 Å². The minimum Gasteiger partial charge on any atom is -0.396 e. The van der Waals surface area contributed by atoms with Gasteiger partial charge in [-0.3, -0.25) is 29.4 Å². The zero-order valence-corrected chi connectivity index (χ0v) is 25.7. The fraction of sp³-hybridized carbons (Fsp3) is 0.324. The summed E-state index contributed by atoms with van der Waals surface area (Å²) in [5, 5.41) is 41.6. The van der Waals surface area contributed by atoms with Crippen LogP contribution in [0.3, 0.4) is 0 Å². The zero-order chi connectivity index (χ0) is 32.9. The molecule has 46 heavy (non-hydrogen) atoms. The molecule has 3 aromatic heterocycles. The van der Waals surface area contributed by atoms with E-state index in [0.29, 0.717) is 36.4 Å². The van der Waals surface area contributed by atoms with Crippen LogP contribution < -0.4 is 5.32 Å². The second-order valence-electron chi connectivity index (χ2n) is 11.1. The van der Waals surface area contributed by atoms with Crippen molar-refractivity contribution in [2.45, 2.75) is 50.8 Å². The number of pyridine rings is 3. The maximum absolute atomic E-state index is 12.9. The van der Waals surface area contributed by atoms with Crippen LogP contribution >= 0.6 is 0 Å². The molecule has 12 nitrogen and oxygen atoms in total. The van der Waals surface area contributed by atoms with Crippen LogP contribution in [0.15, 0.2) is 91.4 Å². The van der Waals surface area contributed by atoms with E-state index in [1.54, 1.807) is 48.9 Å². The van der Waals surface area contributed by atoms with Crippen molar-refractivity contribution in [3.05, 3.63) is 120 Å². The molecule has 0 saturated carbocycles. The number of nitrogens with one attached hydrogen (secondary N) is 1. The summed E-state index contributed by atoms with van der Waals surface area (Å²) < 4.78 is 0. The molecule has 3 heterocycles. The van der Waals surface area contributed by atoms with Gasteiger partial charge in [0, 0.05) is 64.1 Å². The van der Waals surface area contributed by atoms with Gasteiger partial charge in [-0.05, 0) is 60.5 Å². The predicted molar refractivity (Wildman–Crippen MR) is 171 cm³/mol. The van der Waals surface area contributed by atoms with Crippen LogP contribution in [0.5, 0.6) is 0 Å². The van der Waals surface area contributed by atoms with Gasteiger partial charge in [0.25, 0.3) is 5.91 Å². The Morgan fingerprint density at radius 1 is 0.783 bits per heavy atom. The number of aliphatic hydroxyl groups is 4. The number of carbonyl (C=O) groups is 2. The number of likely N-dealkylation sites (N-methyl/N-ethyl adjacent to an activating group) is 1. The molecule has 2 amide bonds. The van der Waals surface area contributed by atoms with Gasteiger partial charge >= 0.3 is 0 Å². The van der Waals surface area contributed by atoms with E-state index in [9.17, 15) is 24.9 Å². The summed E-state index contributed by atoms with van der Waals surface area (Å²) in [7, 11) is 1.49. The minimum atomic E-state index is -1.49. The number of nitrogens with zero attached hydrogens (tertiary/aromatic N) is 5. The van der Waals surface area contributed by atoms with Crippen LogP contribution in [0, 0.1) is 0 Å². The normalized spacial score (nSPS) is 13.2. The lowest BCUT2D eigenvalue weighted by Crippen LogP contribution is -2.45. The molecule has 3 atom stereocenters. The van der Waals surface area contributed by atoms with E-state index in [2.05, 4.69) is 25.2 Å². The van der Waals surface area contributed by atoms with Crippen LogP contribution in [-0.4, -0.2) is 95.5 Å². The molecule has 0 fully saturated rings. The van der Waals surface area contributed by atoms with E-state index in [-0.39, 0.29) is 37.8 Å². The predicted octanol–water partition coefficient (Wildman–Crippen LogP) is 1.79. The molecule has 3 unspecified atom stereocenters. The fourth-order valence-electron chi connectivity index (χ4n) is 4.76. The average Bonchev–Trinajstić information content (AvgIpc) is 3.06. The molecule has 1 aromatic carbocycles. The van der Waals surface area contributed by atoms with E-state index >= 15 is 0 Å². The van der Waals surface area contributed by atoms with Crippen molar-refractivity contribution < 1.29 is 30.0 Å². The Hall–Kier alpha value is -4.59. The molecule has 0 spiro atoms. The number of aliphatic hydroxyl groups excluding tert-OH is 4. The van der Waals surface area contributed by atoms with Crippen LogP contribution in [0.1, 0.15) is 39.4 Å². The Morgan fingerprint density at radius 3 is 1.91 bits per heavy atom. The molecule has 242 valence electrons. The van der Waals surface area contributed by atoms with Crippen molar-refractivity contribution in [1.29, 1.82) is 0 Å². The highest BCUT2D eigenvalue weighted by Gasteiger charge is 2.26. The Balaban J connectivity index is 1.30. The van der Waals surface area contributed by atoms with Gasteiger partial charge in [0.15, 0.2) is 0 Å². The van der Waals surface area contributed by atoms with Crippen molar-refractivity contribution in [2.24, 2.45) is 0 Å². The van der Waals surface area contributed by atoms with E-state index in [0.717, 1.165) is 17.1 Å². The summed E-state index contributed by atoms with van der Waals surface area (Å²) in [6.07, 6.45) is 0.883. The SMILES string of the molecule is CN(CC(O)C(O)C(O)CCO)C(=O)Cc1ccc(NC(=O)c2ccc(CN(Cc3ccccn3)Cc3ccccn3)nc2)cc1. The Morgan fingerprint density at radius 2 is 1.39 bits per heavy atom. The molecule has 0 bridgehead atoms. The first-order valence-corrected chi connectivity index (χ1v) is 15.0. The molecule has 4 rings (SSSR count). The van der Waals surface area contributed by atoms with E-state index in [4.69, 9.17) is 5.11 Å². The molecular weight excluding hydrogens is 588 g/mol. The Kier molecular flexibility index (Phi) is 12.8. The van der Waals surface area contributed by atoms with Gasteiger partial charge in [-0.15, -0.1) is 0 Å². The number of amides is 2. The van der Waals surface area contributed by atoms with Crippen molar-refractivity contribution >= 4 is 17.5 Å². The number of benzene rings is 1. The molecule has 0 saturated heterocycles. The minimum absolute atomic E-state index is 0.0375. The summed E-state index contributed by atoms with van der Waals surface area (Å²) >= 11 is 0. The Bertz CT molecular complexity index is 1470. The number of rotatable bonds is 16. The first-order valence-electron chi connectivity index (χ1n) is 15.0. The highest BCUT2D eigenvalue weighted by Crippen LogP contribution is 2.15. The first kappa shape index (κ1) is 34.3. The number of carbonyl (C=O) groups excluding carboxylic acids is 2.